The molecule has 0 aromatic carbocycles. The molecule has 0 radical (unpaired) electrons. The SMILES string of the molecule is C#CCCCCNC(C)C(C)(C)O. The lowest BCUT2D eigenvalue weighted by atomic mass is 10.0. The number of hydrogen-bond donors (Lipinski definition) is 2. The van der Waals surface area contributed by atoms with Crippen molar-refractivity contribution in [3.8, 4) is 12.3 Å². The van der Waals surface area contributed by atoms with Gasteiger partial charge in [-0.25, -0.2) is 0 Å². The van der Waals surface area contributed by atoms with Crippen LogP contribution in [0.4, 0.5) is 0 Å². The molecule has 2 heteroatoms. The Labute approximate surface area is 81.7 Å². The fourth-order valence-corrected chi connectivity index (χ4v) is 0.920. The van der Waals surface area contributed by atoms with Crippen LogP contribution in [0.25, 0.3) is 0 Å². The fourth-order valence-electron chi connectivity index (χ4n) is 0.920. The Kier molecular flexibility index (Phi) is 5.77. The van der Waals surface area contributed by atoms with E-state index in [1.165, 1.54) is 0 Å². The van der Waals surface area contributed by atoms with Gasteiger partial charge in [0.15, 0.2) is 0 Å². The summed E-state index contributed by atoms with van der Waals surface area (Å²) in [4.78, 5) is 0. The average molecular weight is 183 g/mol. The van der Waals surface area contributed by atoms with E-state index in [4.69, 9.17) is 6.42 Å². The highest BCUT2D eigenvalue weighted by Gasteiger charge is 2.20. The summed E-state index contributed by atoms with van der Waals surface area (Å²) in [6.07, 6.45) is 8.11. The third kappa shape index (κ3) is 6.62. The molecule has 0 aliphatic carbocycles. The van der Waals surface area contributed by atoms with Gasteiger partial charge in [0.25, 0.3) is 0 Å². The zero-order valence-electron chi connectivity index (χ0n) is 8.93. The van der Waals surface area contributed by atoms with Gasteiger partial charge in [-0.3, -0.25) is 0 Å². The van der Waals surface area contributed by atoms with Crippen molar-refractivity contribution in [2.45, 2.75) is 51.7 Å². The maximum atomic E-state index is 9.59. The second kappa shape index (κ2) is 6.01. The second-order valence-corrected chi connectivity index (χ2v) is 3.99. The molecule has 1 atom stereocenters. The molecule has 0 aromatic rings. The number of nitrogens with one attached hydrogen (secondary N) is 1. The molecule has 0 aliphatic heterocycles. The van der Waals surface area contributed by atoms with Gasteiger partial charge in [0, 0.05) is 12.5 Å². The van der Waals surface area contributed by atoms with Gasteiger partial charge in [-0.15, -0.1) is 12.3 Å². The maximum Gasteiger partial charge on any atom is 0.0741 e. The molecule has 1 unspecified atom stereocenters. The minimum Gasteiger partial charge on any atom is -0.389 e. The summed E-state index contributed by atoms with van der Waals surface area (Å²) in [7, 11) is 0. The van der Waals surface area contributed by atoms with Crippen molar-refractivity contribution in [2.75, 3.05) is 6.54 Å². The summed E-state index contributed by atoms with van der Waals surface area (Å²) in [6, 6.07) is 0.123. The van der Waals surface area contributed by atoms with Crippen LogP contribution in [0.3, 0.4) is 0 Å². The van der Waals surface area contributed by atoms with Crippen LogP contribution >= 0.6 is 0 Å². The predicted octanol–water partition coefficient (Wildman–Crippen LogP) is 1.54. The Morgan fingerprint density at radius 1 is 1.46 bits per heavy atom. The molecule has 0 saturated heterocycles. The summed E-state index contributed by atoms with van der Waals surface area (Å²) >= 11 is 0. The van der Waals surface area contributed by atoms with Crippen LogP contribution in [0.5, 0.6) is 0 Å². The largest absolute Gasteiger partial charge is 0.389 e. The van der Waals surface area contributed by atoms with Gasteiger partial charge >= 0.3 is 0 Å². The minimum atomic E-state index is -0.647. The Hall–Kier alpha value is -0.520. The number of rotatable bonds is 6. The second-order valence-electron chi connectivity index (χ2n) is 3.99. The van der Waals surface area contributed by atoms with Crippen molar-refractivity contribution in [1.82, 2.24) is 5.32 Å². The van der Waals surface area contributed by atoms with E-state index < -0.39 is 5.60 Å². The molecule has 0 spiro atoms. The van der Waals surface area contributed by atoms with Gasteiger partial charge in [0.1, 0.15) is 0 Å². The van der Waals surface area contributed by atoms with E-state index in [0.717, 1.165) is 25.8 Å². The van der Waals surface area contributed by atoms with Crippen molar-refractivity contribution >= 4 is 0 Å². The van der Waals surface area contributed by atoms with E-state index >= 15 is 0 Å². The zero-order valence-corrected chi connectivity index (χ0v) is 8.93. The van der Waals surface area contributed by atoms with Gasteiger partial charge < -0.3 is 10.4 Å². The Bertz CT molecular complexity index is 164. The Balaban J connectivity index is 3.39. The molecule has 0 rings (SSSR count). The number of unbranched alkanes of at least 4 members (excludes halogenated alkanes) is 2. The smallest absolute Gasteiger partial charge is 0.0741 e. The van der Waals surface area contributed by atoms with Crippen molar-refractivity contribution in [3.05, 3.63) is 0 Å². The molecule has 0 saturated carbocycles. The summed E-state index contributed by atoms with van der Waals surface area (Å²) in [5.74, 6) is 2.61. The molecule has 0 bridgehead atoms. The monoisotopic (exact) mass is 183 g/mol. The zero-order chi connectivity index (χ0) is 10.3. The fraction of sp³-hybridized carbons (Fsp3) is 0.818. The standard InChI is InChI=1S/C11H21NO/c1-5-6-7-8-9-12-10(2)11(3,4)13/h1,10,12-13H,6-9H2,2-4H3. The lowest BCUT2D eigenvalue weighted by Crippen LogP contribution is -2.44. The van der Waals surface area contributed by atoms with Crippen LogP contribution in [-0.2, 0) is 0 Å². The minimum absolute atomic E-state index is 0.123. The molecular formula is C11H21NO. The quantitative estimate of drug-likeness (QED) is 0.483. The highest BCUT2D eigenvalue weighted by atomic mass is 16.3. The maximum absolute atomic E-state index is 9.59. The van der Waals surface area contributed by atoms with Gasteiger partial charge in [-0.05, 0) is 40.2 Å². The van der Waals surface area contributed by atoms with Crippen molar-refractivity contribution in [2.24, 2.45) is 0 Å². The number of hydrogen-bond acceptors (Lipinski definition) is 2. The van der Waals surface area contributed by atoms with Crippen LogP contribution in [-0.4, -0.2) is 23.3 Å². The first-order valence-electron chi connectivity index (χ1n) is 4.87. The summed E-state index contributed by atoms with van der Waals surface area (Å²) in [6.45, 7) is 6.53. The van der Waals surface area contributed by atoms with Gasteiger partial charge in [0.05, 0.1) is 5.60 Å². The molecular weight excluding hydrogens is 162 g/mol. The van der Waals surface area contributed by atoms with E-state index in [1.54, 1.807) is 0 Å². The summed E-state index contributed by atoms with van der Waals surface area (Å²) in [5.41, 5.74) is -0.647. The first-order valence-corrected chi connectivity index (χ1v) is 4.87. The van der Waals surface area contributed by atoms with E-state index in [2.05, 4.69) is 11.2 Å². The van der Waals surface area contributed by atoms with Gasteiger partial charge in [-0.2, -0.15) is 0 Å². The Morgan fingerprint density at radius 2 is 2.08 bits per heavy atom. The summed E-state index contributed by atoms with van der Waals surface area (Å²) in [5, 5.41) is 12.9. The highest BCUT2D eigenvalue weighted by Crippen LogP contribution is 2.07. The third-order valence-corrected chi connectivity index (χ3v) is 2.26. The topological polar surface area (TPSA) is 32.3 Å². The van der Waals surface area contributed by atoms with Crippen LogP contribution < -0.4 is 5.32 Å². The van der Waals surface area contributed by atoms with E-state index in [-0.39, 0.29) is 6.04 Å². The summed E-state index contributed by atoms with van der Waals surface area (Å²) < 4.78 is 0. The van der Waals surface area contributed by atoms with E-state index in [9.17, 15) is 5.11 Å². The van der Waals surface area contributed by atoms with Crippen molar-refractivity contribution in [3.63, 3.8) is 0 Å². The van der Waals surface area contributed by atoms with E-state index in [0.29, 0.717) is 0 Å². The average Bonchev–Trinajstić information content (AvgIpc) is 2.02. The molecule has 2 N–H and O–H groups in total. The molecule has 0 aliphatic rings. The number of aliphatic hydroxyl groups is 1. The first kappa shape index (κ1) is 12.5. The normalized spacial score (nSPS) is 13.8. The van der Waals surface area contributed by atoms with Crippen molar-refractivity contribution in [1.29, 1.82) is 0 Å². The molecule has 2 nitrogen and oxygen atoms in total. The van der Waals surface area contributed by atoms with Crippen LogP contribution in [0.15, 0.2) is 0 Å². The van der Waals surface area contributed by atoms with E-state index in [1.807, 2.05) is 20.8 Å². The third-order valence-electron chi connectivity index (χ3n) is 2.26. The molecule has 0 heterocycles. The first-order chi connectivity index (χ1) is 5.98. The van der Waals surface area contributed by atoms with Gasteiger partial charge in [0.2, 0.25) is 0 Å². The molecule has 0 amide bonds. The molecule has 0 fully saturated rings. The molecule has 13 heavy (non-hydrogen) atoms. The van der Waals surface area contributed by atoms with Crippen molar-refractivity contribution < 1.29 is 5.11 Å². The lowest BCUT2D eigenvalue weighted by Gasteiger charge is -2.26. The lowest BCUT2D eigenvalue weighted by molar-refractivity contribution is 0.0443. The van der Waals surface area contributed by atoms with Gasteiger partial charge in [-0.1, -0.05) is 0 Å². The van der Waals surface area contributed by atoms with Crippen LogP contribution in [0.1, 0.15) is 40.0 Å². The predicted molar refractivity (Wildman–Crippen MR) is 56.4 cm³/mol. The molecule has 76 valence electrons. The molecule has 0 aromatic heterocycles. The van der Waals surface area contributed by atoms with Crippen LogP contribution in [0, 0.1) is 12.3 Å². The highest BCUT2D eigenvalue weighted by molar-refractivity contribution is 4.83. The number of terminal acetylenes is 1. The Morgan fingerprint density at radius 3 is 2.54 bits per heavy atom. The van der Waals surface area contributed by atoms with Crippen LogP contribution in [0.2, 0.25) is 0 Å².